The molecule has 0 saturated carbocycles. The number of ether oxygens (including phenoxy) is 1. The topological polar surface area (TPSA) is 38.5 Å². The quantitative estimate of drug-likeness (QED) is 0.596. The molecule has 3 nitrogen and oxygen atoms in total. The molecule has 0 spiro atoms. The molecule has 15 heavy (non-hydrogen) atoms. The maximum Gasteiger partial charge on any atom is 0.0593 e. The first-order chi connectivity index (χ1) is 7.07. The van der Waals surface area contributed by atoms with Crippen LogP contribution in [-0.2, 0) is 4.74 Å². The fourth-order valence-corrected chi connectivity index (χ4v) is 1.28. The molecule has 0 aliphatic heterocycles. The van der Waals surface area contributed by atoms with Crippen molar-refractivity contribution in [1.29, 1.82) is 0 Å². The summed E-state index contributed by atoms with van der Waals surface area (Å²) in [5, 5.41) is 0. The highest BCUT2D eigenvalue weighted by Crippen LogP contribution is 2.03. The zero-order valence-corrected chi connectivity index (χ0v) is 10.8. The molecular weight excluding hydrogens is 188 g/mol. The van der Waals surface area contributed by atoms with Crippen LogP contribution in [0.4, 0.5) is 0 Å². The van der Waals surface area contributed by atoms with E-state index in [1.165, 1.54) is 0 Å². The van der Waals surface area contributed by atoms with Crippen LogP contribution in [0, 0.1) is 5.92 Å². The first-order valence-electron chi connectivity index (χ1n) is 6.09. The van der Waals surface area contributed by atoms with Gasteiger partial charge in [0.2, 0.25) is 0 Å². The summed E-state index contributed by atoms with van der Waals surface area (Å²) in [5.74, 6) is 0.578. The number of nitrogens with two attached hydrogens (primary N) is 1. The van der Waals surface area contributed by atoms with E-state index in [1.807, 2.05) is 0 Å². The zero-order chi connectivity index (χ0) is 11.7. The molecule has 0 radical (unpaired) electrons. The van der Waals surface area contributed by atoms with Crippen LogP contribution in [-0.4, -0.2) is 44.3 Å². The van der Waals surface area contributed by atoms with Crippen molar-refractivity contribution in [3.05, 3.63) is 0 Å². The average molecular weight is 216 g/mol. The molecule has 0 fully saturated rings. The van der Waals surface area contributed by atoms with Crippen molar-refractivity contribution < 1.29 is 4.74 Å². The lowest BCUT2D eigenvalue weighted by Crippen LogP contribution is -2.33. The molecule has 2 N–H and O–H groups in total. The Morgan fingerprint density at radius 2 is 1.87 bits per heavy atom. The maximum absolute atomic E-state index is 5.98. The Morgan fingerprint density at radius 3 is 2.40 bits per heavy atom. The lowest BCUT2D eigenvalue weighted by Gasteiger charge is -2.21. The third kappa shape index (κ3) is 8.85. The third-order valence-electron chi connectivity index (χ3n) is 2.67. The van der Waals surface area contributed by atoms with Gasteiger partial charge >= 0.3 is 0 Å². The Labute approximate surface area is 95.0 Å². The van der Waals surface area contributed by atoms with Gasteiger partial charge in [0.05, 0.1) is 6.61 Å². The smallest absolute Gasteiger partial charge is 0.0593 e. The minimum Gasteiger partial charge on any atom is -0.380 e. The second-order valence-corrected chi connectivity index (χ2v) is 4.61. The summed E-state index contributed by atoms with van der Waals surface area (Å²) in [6.07, 6.45) is 2.17. The van der Waals surface area contributed by atoms with Gasteiger partial charge in [-0.1, -0.05) is 20.8 Å². The standard InChI is InChI=1S/C12H28N2O/c1-5-9-15-10-8-14(4)7-6-12(13)11(2)3/h11-12H,5-10,13H2,1-4H3. The molecule has 1 unspecified atom stereocenters. The van der Waals surface area contributed by atoms with Crippen LogP contribution in [0.1, 0.15) is 33.6 Å². The van der Waals surface area contributed by atoms with Crippen LogP contribution >= 0.6 is 0 Å². The van der Waals surface area contributed by atoms with Crippen LogP contribution in [0.25, 0.3) is 0 Å². The first kappa shape index (κ1) is 14.9. The van der Waals surface area contributed by atoms with Crippen LogP contribution < -0.4 is 5.73 Å². The normalized spacial score (nSPS) is 13.8. The summed E-state index contributed by atoms with van der Waals surface area (Å²) in [7, 11) is 2.13. The largest absolute Gasteiger partial charge is 0.380 e. The third-order valence-corrected chi connectivity index (χ3v) is 2.67. The summed E-state index contributed by atoms with van der Waals surface area (Å²) < 4.78 is 5.43. The van der Waals surface area contributed by atoms with Crippen LogP contribution in [0.2, 0.25) is 0 Å². The molecule has 0 aromatic rings. The molecule has 0 rings (SSSR count). The van der Waals surface area contributed by atoms with Crippen molar-refractivity contribution in [2.24, 2.45) is 11.7 Å². The molecular formula is C12H28N2O. The molecule has 0 amide bonds. The van der Waals surface area contributed by atoms with Gasteiger partial charge in [-0.25, -0.2) is 0 Å². The van der Waals surface area contributed by atoms with E-state index in [9.17, 15) is 0 Å². The molecule has 0 aromatic carbocycles. The van der Waals surface area contributed by atoms with E-state index < -0.39 is 0 Å². The second-order valence-electron chi connectivity index (χ2n) is 4.61. The first-order valence-corrected chi connectivity index (χ1v) is 6.09. The van der Waals surface area contributed by atoms with Crippen molar-refractivity contribution in [3.8, 4) is 0 Å². The molecule has 0 bridgehead atoms. The van der Waals surface area contributed by atoms with Gasteiger partial charge in [-0.05, 0) is 32.4 Å². The fourth-order valence-electron chi connectivity index (χ4n) is 1.28. The van der Waals surface area contributed by atoms with Gasteiger partial charge in [-0.2, -0.15) is 0 Å². The van der Waals surface area contributed by atoms with E-state index in [4.69, 9.17) is 10.5 Å². The van der Waals surface area contributed by atoms with Gasteiger partial charge in [0, 0.05) is 19.2 Å². The van der Waals surface area contributed by atoms with E-state index in [0.29, 0.717) is 12.0 Å². The molecule has 0 heterocycles. The number of rotatable bonds is 9. The van der Waals surface area contributed by atoms with E-state index in [-0.39, 0.29) is 0 Å². The van der Waals surface area contributed by atoms with Crippen LogP contribution in [0.3, 0.4) is 0 Å². The fraction of sp³-hybridized carbons (Fsp3) is 1.00. The Morgan fingerprint density at radius 1 is 1.20 bits per heavy atom. The van der Waals surface area contributed by atoms with Gasteiger partial charge < -0.3 is 15.4 Å². The summed E-state index contributed by atoms with van der Waals surface area (Å²) in [4.78, 5) is 2.29. The highest BCUT2D eigenvalue weighted by atomic mass is 16.5. The van der Waals surface area contributed by atoms with Crippen LogP contribution in [0.5, 0.6) is 0 Å². The number of hydrogen-bond acceptors (Lipinski definition) is 3. The number of likely N-dealkylation sites (N-methyl/N-ethyl adjacent to an activating group) is 1. The van der Waals surface area contributed by atoms with Gasteiger partial charge in [0.1, 0.15) is 0 Å². The maximum atomic E-state index is 5.98. The number of nitrogens with zero attached hydrogens (tertiary/aromatic N) is 1. The molecule has 0 saturated heterocycles. The van der Waals surface area contributed by atoms with Crippen molar-refractivity contribution in [2.75, 3.05) is 33.4 Å². The lowest BCUT2D eigenvalue weighted by atomic mass is 10.0. The average Bonchev–Trinajstić information content (AvgIpc) is 2.20. The highest BCUT2D eigenvalue weighted by molar-refractivity contribution is 4.67. The van der Waals surface area contributed by atoms with Crippen molar-refractivity contribution in [2.45, 2.75) is 39.7 Å². The summed E-state index contributed by atoms with van der Waals surface area (Å²) in [5.41, 5.74) is 5.98. The Kier molecular flexibility index (Phi) is 9.06. The van der Waals surface area contributed by atoms with Crippen molar-refractivity contribution in [3.63, 3.8) is 0 Å². The Hall–Kier alpha value is -0.120. The number of hydrogen-bond donors (Lipinski definition) is 1. The highest BCUT2D eigenvalue weighted by Gasteiger charge is 2.08. The van der Waals surface area contributed by atoms with E-state index in [0.717, 1.165) is 39.1 Å². The van der Waals surface area contributed by atoms with E-state index in [2.05, 4.69) is 32.7 Å². The lowest BCUT2D eigenvalue weighted by molar-refractivity contribution is 0.111. The van der Waals surface area contributed by atoms with Crippen molar-refractivity contribution >= 4 is 0 Å². The van der Waals surface area contributed by atoms with E-state index in [1.54, 1.807) is 0 Å². The van der Waals surface area contributed by atoms with Crippen molar-refractivity contribution in [1.82, 2.24) is 4.90 Å². The van der Waals surface area contributed by atoms with Gasteiger partial charge in [0.25, 0.3) is 0 Å². The molecule has 0 aliphatic rings. The predicted octanol–water partition coefficient (Wildman–Crippen LogP) is 1.72. The minimum absolute atomic E-state index is 0.323. The minimum atomic E-state index is 0.323. The SMILES string of the molecule is CCCOCCN(C)CCC(N)C(C)C. The van der Waals surface area contributed by atoms with Gasteiger partial charge in [-0.15, -0.1) is 0 Å². The second kappa shape index (κ2) is 9.13. The zero-order valence-electron chi connectivity index (χ0n) is 10.8. The molecule has 92 valence electrons. The predicted molar refractivity (Wildman–Crippen MR) is 66.0 cm³/mol. The van der Waals surface area contributed by atoms with Gasteiger partial charge in [-0.3, -0.25) is 0 Å². The Bertz CT molecular complexity index is 140. The monoisotopic (exact) mass is 216 g/mol. The molecule has 3 heteroatoms. The van der Waals surface area contributed by atoms with Gasteiger partial charge in [0.15, 0.2) is 0 Å². The summed E-state index contributed by atoms with van der Waals surface area (Å²) in [6, 6.07) is 0.323. The summed E-state index contributed by atoms with van der Waals surface area (Å²) in [6.45, 7) is 10.3. The Balaban J connectivity index is 3.36. The molecule has 0 aromatic heterocycles. The molecule has 0 aliphatic carbocycles. The molecule has 1 atom stereocenters. The van der Waals surface area contributed by atoms with E-state index >= 15 is 0 Å². The summed E-state index contributed by atoms with van der Waals surface area (Å²) >= 11 is 0. The van der Waals surface area contributed by atoms with Crippen LogP contribution in [0.15, 0.2) is 0 Å².